The Morgan fingerprint density at radius 1 is 1.43 bits per heavy atom. The highest BCUT2D eigenvalue weighted by Crippen LogP contribution is 2.29. The summed E-state index contributed by atoms with van der Waals surface area (Å²) in [5.74, 6) is -0.914. The second-order valence-corrected chi connectivity index (χ2v) is 4.82. The number of amides is 1. The molecular weight excluding hydrogens is 276 g/mol. The van der Waals surface area contributed by atoms with Gasteiger partial charge < -0.3 is 10.1 Å². The molecule has 0 radical (unpaired) electrons. The lowest BCUT2D eigenvalue weighted by atomic mass is 9.85. The van der Waals surface area contributed by atoms with Gasteiger partial charge >= 0.3 is 5.97 Å². The predicted octanol–water partition coefficient (Wildman–Crippen LogP) is 2.51. The van der Waals surface area contributed by atoms with Crippen LogP contribution in [0.25, 0.3) is 0 Å². The zero-order chi connectivity index (χ0) is 15.4. The topological polar surface area (TPSA) is 98.5 Å². The summed E-state index contributed by atoms with van der Waals surface area (Å²) in [5, 5.41) is 13.4. The average Bonchev–Trinajstić information content (AvgIpc) is 2.36. The van der Waals surface area contributed by atoms with E-state index in [4.69, 9.17) is 4.74 Å². The molecule has 0 aliphatic heterocycles. The number of carbonyl (C=O) groups is 2. The molecule has 7 heteroatoms. The SMILES string of the molecule is CCOC(=O)c1ccc([N+](=O)[O-])cc1NC(=O)C1CCC1. The van der Waals surface area contributed by atoms with Crippen LogP contribution >= 0.6 is 0 Å². The summed E-state index contributed by atoms with van der Waals surface area (Å²) in [6.45, 7) is 1.85. The Morgan fingerprint density at radius 3 is 2.67 bits per heavy atom. The van der Waals surface area contributed by atoms with Gasteiger partial charge in [0.15, 0.2) is 0 Å². The van der Waals surface area contributed by atoms with Crippen molar-refractivity contribution in [1.82, 2.24) is 0 Å². The van der Waals surface area contributed by atoms with Crippen LogP contribution in [0.2, 0.25) is 0 Å². The van der Waals surface area contributed by atoms with Crippen molar-refractivity contribution in [3.8, 4) is 0 Å². The summed E-state index contributed by atoms with van der Waals surface area (Å²) in [6, 6.07) is 3.70. The van der Waals surface area contributed by atoms with E-state index in [1.807, 2.05) is 0 Å². The van der Waals surface area contributed by atoms with E-state index in [1.54, 1.807) is 6.92 Å². The number of ether oxygens (including phenoxy) is 1. The first kappa shape index (κ1) is 15.0. The molecule has 1 N–H and O–H groups in total. The van der Waals surface area contributed by atoms with Crippen LogP contribution in [0.3, 0.4) is 0 Å². The molecule has 0 unspecified atom stereocenters. The molecular formula is C14H16N2O5. The van der Waals surface area contributed by atoms with Crippen LogP contribution in [0.15, 0.2) is 18.2 Å². The molecule has 1 aromatic carbocycles. The molecule has 0 spiro atoms. The highest BCUT2D eigenvalue weighted by atomic mass is 16.6. The van der Waals surface area contributed by atoms with E-state index in [-0.39, 0.29) is 35.4 Å². The summed E-state index contributed by atoms with van der Waals surface area (Å²) in [4.78, 5) is 34.1. The average molecular weight is 292 g/mol. The number of benzene rings is 1. The third kappa shape index (κ3) is 3.36. The lowest BCUT2D eigenvalue weighted by Crippen LogP contribution is -2.28. The van der Waals surface area contributed by atoms with Crippen molar-refractivity contribution in [2.45, 2.75) is 26.2 Å². The number of non-ortho nitro benzene ring substituents is 1. The Labute approximate surface area is 121 Å². The van der Waals surface area contributed by atoms with Crippen LogP contribution in [0.1, 0.15) is 36.5 Å². The lowest BCUT2D eigenvalue weighted by Gasteiger charge is -2.24. The van der Waals surface area contributed by atoms with E-state index in [9.17, 15) is 19.7 Å². The number of hydrogen-bond donors (Lipinski definition) is 1. The summed E-state index contributed by atoms with van der Waals surface area (Å²) >= 11 is 0. The number of esters is 1. The molecule has 0 atom stereocenters. The van der Waals surface area contributed by atoms with Gasteiger partial charge in [-0.2, -0.15) is 0 Å². The maximum absolute atomic E-state index is 12.0. The van der Waals surface area contributed by atoms with E-state index >= 15 is 0 Å². The smallest absolute Gasteiger partial charge is 0.340 e. The Balaban J connectivity index is 2.28. The van der Waals surface area contributed by atoms with E-state index in [2.05, 4.69) is 5.32 Å². The number of carbonyl (C=O) groups excluding carboxylic acids is 2. The molecule has 1 saturated carbocycles. The number of nitro benzene ring substituents is 1. The molecule has 1 fully saturated rings. The highest BCUT2D eigenvalue weighted by Gasteiger charge is 2.27. The number of nitro groups is 1. The van der Waals surface area contributed by atoms with Gasteiger partial charge in [-0.25, -0.2) is 4.79 Å². The highest BCUT2D eigenvalue weighted by molar-refractivity contribution is 6.02. The van der Waals surface area contributed by atoms with Crippen molar-refractivity contribution in [3.63, 3.8) is 0 Å². The fourth-order valence-electron chi connectivity index (χ4n) is 2.04. The first-order chi connectivity index (χ1) is 10.0. The van der Waals surface area contributed by atoms with Crippen molar-refractivity contribution in [3.05, 3.63) is 33.9 Å². The third-order valence-electron chi connectivity index (χ3n) is 3.44. The fraction of sp³-hybridized carbons (Fsp3) is 0.429. The normalized spacial score (nSPS) is 14.1. The first-order valence-electron chi connectivity index (χ1n) is 6.79. The molecule has 1 aromatic rings. The maximum Gasteiger partial charge on any atom is 0.340 e. The molecule has 0 bridgehead atoms. The van der Waals surface area contributed by atoms with Gasteiger partial charge in [0.25, 0.3) is 5.69 Å². The van der Waals surface area contributed by atoms with Gasteiger partial charge in [-0.15, -0.1) is 0 Å². The molecule has 1 aliphatic carbocycles. The fourth-order valence-corrected chi connectivity index (χ4v) is 2.04. The van der Waals surface area contributed by atoms with E-state index < -0.39 is 10.9 Å². The minimum Gasteiger partial charge on any atom is -0.462 e. The van der Waals surface area contributed by atoms with Crippen LogP contribution in [0, 0.1) is 16.0 Å². The summed E-state index contributed by atoms with van der Waals surface area (Å²) in [5.41, 5.74) is 0.0571. The van der Waals surface area contributed by atoms with Crippen molar-refractivity contribution in [1.29, 1.82) is 0 Å². The standard InChI is InChI=1S/C14H16N2O5/c1-2-21-14(18)11-7-6-10(16(19)20)8-12(11)15-13(17)9-4-3-5-9/h6-9H,2-5H2,1H3,(H,15,17). The molecule has 0 aromatic heterocycles. The summed E-state index contributed by atoms with van der Waals surface area (Å²) in [6.07, 6.45) is 2.60. The lowest BCUT2D eigenvalue weighted by molar-refractivity contribution is -0.384. The molecule has 7 nitrogen and oxygen atoms in total. The molecule has 0 saturated heterocycles. The number of nitrogens with zero attached hydrogens (tertiary/aromatic N) is 1. The number of anilines is 1. The third-order valence-corrected chi connectivity index (χ3v) is 3.44. The zero-order valence-electron chi connectivity index (χ0n) is 11.6. The first-order valence-corrected chi connectivity index (χ1v) is 6.79. The number of nitrogens with one attached hydrogen (secondary N) is 1. The van der Waals surface area contributed by atoms with Crippen LogP contribution in [0.5, 0.6) is 0 Å². The second-order valence-electron chi connectivity index (χ2n) is 4.82. The molecule has 2 rings (SSSR count). The molecule has 1 amide bonds. The monoisotopic (exact) mass is 292 g/mol. The Kier molecular flexibility index (Phi) is 4.52. The predicted molar refractivity (Wildman–Crippen MR) is 75.0 cm³/mol. The molecule has 112 valence electrons. The Hall–Kier alpha value is -2.44. The van der Waals surface area contributed by atoms with Gasteiger partial charge in [0.1, 0.15) is 0 Å². The van der Waals surface area contributed by atoms with Gasteiger partial charge in [0.2, 0.25) is 5.91 Å². The van der Waals surface area contributed by atoms with Gasteiger partial charge in [-0.3, -0.25) is 14.9 Å². The van der Waals surface area contributed by atoms with E-state index in [1.165, 1.54) is 18.2 Å². The molecule has 1 aliphatic rings. The van der Waals surface area contributed by atoms with Crippen LogP contribution < -0.4 is 5.32 Å². The summed E-state index contributed by atoms with van der Waals surface area (Å²) in [7, 11) is 0. The maximum atomic E-state index is 12.0. The van der Waals surface area contributed by atoms with Gasteiger partial charge in [-0.05, 0) is 25.8 Å². The van der Waals surface area contributed by atoms with E-state index in [0.29, 0.717) is 0 Å². The number of rotatable bonds is 5. The van der Waals surface area contributed by atoms with Crippen LogP contribution in [-0.4, -0.2) is 23.4 Å². The largest absolute Gasteiger partial charge is 0.462 e. The zero-order valence-corrected chi connectivity index (χ0v) is 11.6. The van der Waals surface area contributed by atoms with E-state index in [0.717, 1.165) is 19.3 Å². The summed E-state index contributed by atoms with van der Waals surface area (Å²) < 4.78 is 4.89. The van der Waals surface area contributed by atoms with Crippen LogP contribution in [0.4, 0.5) is 11.4 Å². The van der Waals surface area contributed by atoms with Gasteiger partial charge in [-0.1, -0.05) is 6.42 Å². The molecule has 21 heavy (non-hydrogen) atoms. The van der Waals surface area contributed by atoms with Crippen molar-refractivity contribution in [2.75, 3.05) is 11.9 Å². The van der Waals surface area contributed by atoms with Crippen molar-refractivity contribution in [2.24, 2.45) is 5.92 Å². The minimum absolute atomic E-state index is 0.0840. The Bertz CT molecular complexity index is 581. The molecule has 0 heterocycles. The number of hydrogen-bond acceptors (Lipinski definition) is 5. The van der Waals surface area contributed by atoms with Crippen molar-refractivity contribution < 1.29 is 19.2 Å². The van der Waals surface area contributed by atoms with Gasteiger partial charge in [0, 0.05) is 18.1 Å². The Morgan fingerprint density at radius 2 is 2.14 bits per heavy atom. The van der Waals surface area contributed by atoms with Crippen molar-refractivity contribution >= 4 is 23.3 Å². The van der Waals surface area contributed by atoms with Crippen LogP contribution in [-0.2, 0) is 9.53 Å². The quantitative estimate of drug-likeness (QED) is 0.510. The minimum atomic E-state index is -0.615. The van der Waals surface area contributed by atoms with Gasteiger partial charge in [0.05, 0.1) is 22.8 Å². The second kappa shape index (κ2) is 6.34.